The lowest BCUT2D eigenvalue weighted by Crippen LogP contribution is -2.44. The molecule has 0 amide bonds. The zero-order chi connectivity index (χ0) is 19.4. The highest BCUT2D eigenvalue weighted by molar-refractivity contribution is 7.92. The number of hydrogen-bond donors (Lipinski definition) is 1. The Morgan fingerprint density at radius 3 is 2.66 bits per heavy atom. The molecule has 152 valence electrons. The minimum atomic E-state index is -3.68. The number of benzene rings is 2. The minimum Gasteiger partial charge on any atom is -0.334 e. The lowest BCUT2D eigenvalue weighted by Gasteiger charge is -2.34. The molecule has 0 atom stereocenters. The van der Waals surface area contributed by atoms with Gasteiger partial charge in [-0.3, -0.25) is 4.31 Å². The van der Waals surface area contributed by atoms with E-state index in [0.717, 1.165) is 30.5 Å². The molecule has 0 unspecified atom stereocenters. The van der Waals surface area contributed by atoms with Crippen LogP contribution in [-0.2, 0) is 22.0 Å². The molecule has 5 rings (SSSR count). The number of para-hydroxylation sites is 1. The van der Waals surface area contributed by atoms with E-state index < -0.39 is 15.6 Å². The van der Waals surface area contributed by atoms with Crippen LogP contribution in [-0.4, -0.2) is 25.1 Å². The van der Waals surface area contributed by atoms with Crippen LogP contribution in [0, 0.1) is 0 Å². The Morgan fingerprint density at radius 2 is 1.90 bits per heavy atom. The first-order valence-corrected chi connectivity index (χ1v) is 10.8. The van der Waals surface area contributed by atoms with E-state index in [1.807, 2.05) is 24.3 Å². The second-order valence-corrected chi connectivity index (χ2v) is 9.28. The van der Waals surface area contributed by atoms with Crippen LogP contribution < -0.4 is 10.0 Å². The summed E-state index contributed by atoms with van der Waals surface area (Å²) in [7, 11) is -3.68. The molecule has 1 aliphatic carbocycles. The predicted molar refractivity (Wildman–Crippen MR) is 111 cm³/mol. The molecule has 29 heavy (non-hydrogen) atoms. The monoisotopic (exact) mass is 432 g/mol. The number of nitrogens with two attached hydrogens (primary N) is 1. The first-order chi connectivity index (χ1) is 13.5. The summed E-state index contributed by atoms with van der Waals surface area (Å²) in [5.74, 6) is 0.765. The van der Waals surface area contributed by atoms with Gasteiger partial charge in [-0.1, -0.05) is 29.4 Å². The van der Waals surface area contributed by atoms with Crippen molar-refractivity contribution in [3.05, 3.63) is 59.9 Å². The van der Waals surface area contributed by atoms with Crippen molar-refractivity contribution in [1.82, 2.24) is 10.1 Å². The Kier molecular flexibility index (Phi) is 4.88. The summed E-state index contributed by atoms with van der Waals surface area (Å²) in [5.41, 5.74) is 8.08. The van der Waals surface area contributed by atoms with Gasteiger partial charge in [-0.05, 0) is 55.5 Å². The molecule has 2 aromatic carbocycles. The molecule has 0 spiro atoms. The fourth-order valence-electron chi connectivity index (χ4n) is 3.80. The summed E-state index contributed by atoms with van der Waals surface area (Å²) in [6.45, 7) is 0.437. The highest BCUT2D eigenvalue weighted by Gasteiger charge is 2.39. The third kappa shape index (κ3) is 3.21. The molecule has 0 bridgehead atoms. The summed E-state index contributed by atoms with van der Waals surface area (Å²) >= 11 is 0. The Labute approximate surface area is 175 Å². The molecule has 0 saturated heterocycles. The van der Waals surface area contributed by atoms with Crippen molar-refractivity contribution in [2.45, 2.75) is 36.1 Å². The van der Waals surface area contributed by atoms with Gasteiger partial charge in [-0.2, -0.15) is 4.98 Å². The first-order valence-electron chi connectivity index (χ1n) is 9.32. The van der Waals surface area contributed by atoms with Gasteiger partial charge >= 0.3 is 0 Å². The van der Waals surface area contributed by atoms with Gasteiger partial charge in [0.05, 0.1) is 16.1 Å². The molecule has 1 saturated carbocycles. The second kappa shape index (κ2) is 7.12. The van der Waals surface area contributed by atoms with Crippen molar-refractivity contribution in [1.29, 1.82) is 0 Å². The molecule has 7 nitrogen and oxygen atoms in total. The average molecular weight is 433 g/mol. The van der Waals surface area contributed by atoms with Crippen LogP contribution in [0.4, 0.5) is 5.69 Å². The number of fused-ring (bicyclic) bond motifs is 1. The molecule has 1 fully saturated rings. The van der Waals surface area contributed by atoms with E-state index in [1.54, 1.807) is 24.3 Å². The van der Waals surface area contributed by atoms with Crippen molar-refractivity contribution >= 4 is 28.1 Å². The van der Waals surface area contributed by atoms with E-state index >= 15 is 0 Å². The normalized spacial score (nSPS) is 17.3. The molecule has 1 aliphatic heterocycles. The van der Waals surface area contributed by atoms with E-state index in [1.165, 1.54) is 4.31 Å². The molecule has 3 aromatic rings. The topological polar surface area (TPSA) is 102 Å². The van der Waals surface area contributed by atoms with Crippen molar-refractivity contribution in [2.75, 3.05) is 10.8 Å². The van der Waals surface area contributed by atoms with Gasteiger partial charge in [-0.15, -0.1) is 12.4 Å². The van der Waals surface area contributed by atoms with Gasteiger partial charge in [-0.25, -0.2) is 8.42 Å². The number of sulfonamides is 1. The zero-order valence-electron chi connectivity index (χ0n) is 15.6. The van der Waals surface area contributed by atoms with Crippen LogP contribution in [0.2, 0.25) is 0 Å². The van der Waals surface area contributed by atoms with Gasteiger partial charge in [0.25, 0.3) is 15.9 Å². The Morgan fingerprint density at radius 1 is 1.10 bits per heavy atom. The van der Waals surface area contributed by atoms with Crippen LogP contribution >= 0.6 is 12.4 Å². The van der Waals surface area contributed by atoms with Gasteiger partial charge in [0.15, 0.2) is 5.82 Å². The quantitative estimate of drug-likeness (QED) is 0.678. The Bertz CT molecular complexity index is 1160. The van der Waals surface area contributed by atoms with Crippen molar-refractivity contribution in [3.63, 3.8) is 0 Å². The van der Waals surface area contributed by atoms with Gasteiger partial charge < -0.3 is 10.3 Å². The van der Waals surface area contributed by atoms with E-state index in [0.29, 0.717) is 24.4 Å². The van der Waals surface area contributed by atoms with Crippen molar-refractivity contribution in [3.8, 4) is 11.5 Å². The summed E-state index contributed by atoms with van der Waals surface area (Å²) < 4.78 is 33.3. The minimum absolute atomic E-state index is 0. The van der Waals surface area contributed by atoms with Gasteiger partial charge in [0.1, 0.15) is 0 Å². The fraction of sp³-hybridized carbons (Fsp3) is 0.300. The molecule has 1 aromatic heterocycles. The lowest BCUT2D eigenvalue weighted by atomic mass is 9.77. The standard InChI is InChI=1S/C20H20N4O3S.ClH/c21-20(10-4-11-20)19-22-18(27-23-19)15-6-3-7-16(13-15)28(25,26)24-12-9-14-5-1-2-8-17(14)24;/h1-3,5-8,13H,4,9-12,21H2;1H. The molecule has 2 aliphatic rings. The summed E-state index contributed by atoms with van der Waals surface area (Å²) in [6.07, 6.45) is 3.41. The fourth-order valence-corrected chi connectivity index (χ4v) is 5.35. The summed E-state index contributed by atoms with van der Waals surface area (Å²) in [5, 5.41) is 4.01. The largest absolute Gasteiger partial charge is 0.334 e. The molecule has 0 radical (unpaired) electrons. The molecule has 9 heteroatoms. The number of halogens is 1. The maximum Gasteiger partial charge on any atom is 0.264 e. The maximum atomic E-state index is 13.2. The summed E-state index contributed by atoms with van der Waals surface area (Å²) in [6, 6.07) is 14.2. The van der Waals surface area contributed by atoms with Crippen LogP contribution in [0.25, 0.3) is 11.5 Å². The van der Waals surface area contributed by atoms with Crippen LogP contribution in [0.5, 0.6) is 0 Å². The molecular weight excluding hydrogens is 412 g/mol. The maximum absolute atomic E-state index is 13.2. The highest BCUT2D eigenvalue weighted by atomic mass is 35.5. The number of hydrogen-bond acceptors (Lipinski definition) is 6. The van der Waals surface area contributed by atoms with Crippen LogP contribution in [0.1, 0.15) is 30.7 Å². The number of nitrogens with zero attached hydrogens (tertiary/aromatic N) is 3. The number of anilines is 1. The third-order valence-corrected chi connectivity index (χ3v) is 7.44. The number of rotatable bonds is 4. The van der Waals surface area contributed by atoms with Crippen molar-refractivity contribution < 1.29 is 12.9 Å². The average Bonchev–Trinajstić information content (AvgIpc) is 3.34. The summed E-state index contributed by atoms with van der Waals surface area (Å²) in [4.78, 5) is 4.62. The highest BCUT2D eigenvalue weighted by Crippen LogP contribution is 2.38. The van der Waals surface area contributed by atoms with E-state index in [4.69, 9.17) is 10.3 Å². The Balaban J connectivity index is 0.00000205. The van der Waals surface area contributed by atoms with E-state index in [-0.39, 0.29) is 23.2 Å². The SMILES string of the molecule is Cl.NC1(c2noc(-c3cccc(S(=O)(=O)N4CCc5ccccc54)c3)n2)CCC1. The van der Waals surface area contributed by atoms with Gasteiger partial charge in [0.2, 0.25) is 0 Å². The third-order valence-electron chi connectivity index (χ3n) is 5.63. The lowest BCUT2D eigenvalue weighted by molar-refractivity contribution is 0.229. The second-order valence-electron chi connectivity index (χ2n) is 7.42. The Hall–Kier alpha value is -2.42. The van der Waals surface area contributed by atoms with Crippen molar-refractivity contribution in [2.24, 2.45) is 5.73 Å². The molecule has 2 N–H and O–H groups in total. The molecule has 2 heterocycles. The van der Waals surface area contributed by atoms with Crippen LogP contribution in [0.3, 0.4) is 0 Å². The van der Waals surface area contributed by atoms with Gasteiger partial charge in [0, 0.05) is 12.1 Å². The smallest absolute Gasteiger partial charge is 0.264 e. The van der Waals surface area contributed by atoms with E-state index in [9.17, 15) is 8.42 Å². The first kappa shape index (κ1) is 19.9. The molecular formula is C20H21ClN4O3S. The zero-order valence-corrected chi connectivity index (χ0v) is 17.2. The predicted octanol–water partition coefficient (Wildman–Crippen LogP) is 3.25. The van der Waals surface area contributed by atoms with E-state index in [2.05, 4.69) is 10.1 Å². The van der Waals surface area contributed by atoms with Crippen LogP contribution in [0.15, 0.2) is 57.9 Å². The number of aromatic nitrogens is 2.